The first-order chi connectivity index (χ1) is 17.4. The minimum atomic E-state index is -0.554. The Balaban J connectivity index is 1.61. The molecule has 0 radical (unpaired) electrons. The summed E-state index contributed by atoms with van der Waals surface area (Å²) < 4.78 is 24.9. The first-order valence-corrected chi connectivity index (χ1v) is 11.5. The maximum absolute atomic E-state index is 13.8. The van der Waals surface area contributed by atoms with Gasteiger partial charge in [0.1, 0.15) is 11.6 Å². The molecule has 0 saturated heterocycles. The molecule has 1 unspecified atom stereocenters. The molecule has 182 valence electrons. The summed E-state index contributed by atoms with van der Waals surface area (Å²) in [6.45, 7) is 4.25. The lowest BCUT2D eigenvalue weighted by molar-refractivity contribution is 0.203. The smallest absolute Gasteiger partial charge is 0.322 e. The van der Waals surface area contributed by atoms with Crippen LogP contribution in [-0.4, -0.2) is 28.2 Å². The van der Waals surface area contributed by atoms with Crippen LogP contribution in [0.1, 0.15) is 35.5 Å². The lowest BCUT2D eigenvalue weighted by Gasteiger charge is -2.35. The van der Waals surface area contributed by atoms with Crippen LogP contribution in [0.15, 0.2) is 83.0 Å². The molecule has 1 atom stereocenters. The number of nitrogens with one attached hydrogen (secondary N) is 1. The molecule has 0 aliphatic carbocycles. The Labute approximate surface area is 208 Å². The van der Waals surface area contributed by atoms with E-state index >= 15 is 0 Å². The van der Waals surface area contributed by atoms with Gasteiger partial charge < -0.3 is 14.6 Å². The number of methoxy groups -OCH3 is 1. The molecule has 7 nitrogen and oxygen atoms in total. The maximum atomic E-state index is 13.8. The third kappa shape index (κ3) is 4.57. The maximum Gasteiger partial charge on any atom is 0.322 e. The van der Waals surface area contributed by atoms with E-state index in [2.05, 4.69) is 15.5 Å². The zero-order valence-corrected chi connectivity index (χ0v) is 20.2. The molecule has 36 heavy (non-hydrogen) atoms. The average Bonchev–Trinajstić information content (AvgIpc) is 3.36. The van der Waals surface area contributed by atoms with Crippen LogP contribution in [0, 0.1) is 12.7 Å². The number of aryl methyl sites for hydroxylation is 1. The number of rotatable bonds is 6. The molecule has 1 aliphatic heterocycles. The fraction of sp³-hybridized carbons (Fsp3) is 0.179. The van der Waals surface area contributed by atoms with E-state index in [0.29, 0.717) is 29.1 Å². The lowest BCUT2D eigenvalue weighted by atomic mass is 9.94. The number of benzene rings is 3. The number of halogens is 1. The van der Waals surface area contributed by atoms with Gasteiger partial charge in [0.15, 0.2) is 0 Å². The molecule has 5 rings (SSSR count). The van der Waals surface area contributed by atoms with Crippen molar-refractivity contribution in [1.29, 1.82) is 0 Å². The van der Waals surface area contributed by atoms with Crippen LogP contribution in [0.5, 0.6) is 5.75 Å². The molecule has 0 spiro atoms. The van der Waals surface area contributed by atoms with Gasteiger partial charge >= 0.3 is 6.03 Å². The second-order valence-corrected chi connectivity index (χ2v) is 8.67. The van der Waals surface area contributed by atoms with Crippen LogP contribution in [0.4, 0.5) is 9.18 Å². The third-order valence-corrected chi connectivity index (χ3v) is 6.19. The topological polar surface area (TPSA) is 80.5 Å². The second-order valence-electron chi connectivity index (χ2n) is 8.67. The van der Waals surface area contributed by atoms with E-state index in [1.54, 1.807) is 24.1 Å². The number of carbonyl (C=O) groups excluding carboxylic acids is 1. The van der Waals surface area contributed by atoms with Crippen molar-refractivity contribution in [2.24, 2.45) is 0 Å². The Kier molecular flexibility index (Phi) is 6.25. The van der Waals surface area contributed by atoms with Gasteiger partial charge in [0.25, 0.3) is 5.89 Å². The van der Waals surface area contributed by atoms with E-state index in [9.17, 15) is 9.18 Å². The molecule has 0 fully saturated rings. The minimum Gasteiger partial charge on any atom is -0.497 e. The monoisotopic (exact) mass is 484 g/mol. The predicted octanol–water partition coefficient (Wildman–Crippen LogP) is 5.89. The Bertz CT molecular complexity index is 1460. The van der Waals surface area contributed by atoms with Crippen LogP contribution < -0.4 is 10.1 Å². The molecule has 4 aromatic rings. The molecule has 1 N–H and O–H groups in total. The lowest BCUT2D eigenvalue weighted by Crippen LogP contribution is -2.45. The van der Waals surface area contributed by atoms with E-state index in [1.807, 2.05) is 62.4 Å². The number of allylic oxidation sites excluding steroid dienone is 1. The molecule has 3 aromatic carbocycles. The number of hydrogen-bond donors (Lipinski definition) is 1. The standard InChI is InChI=1S/C28H25FN4O3/c1-17-7-4-8-19(13-17)16-33-18(2)24(25(30-28(33)34)20-9-6-12-23(15-20)35-3)27-31-26(32-36-27)21-10-5-11-22(29)14-21/h4-15,25H,16H2,1-3H3,(H,30,34). The first kappa shape index (κ1) is 23.3. The van der Waals surface area contributed by atoms with Crippen molar-refractivity contribution in [3.05, 3.63) is 107 Å². The quantitative estimate of drug-likeness (QED) is 0.369. The summed E-state index contributed by atoms with van der Waals surface area (Å²) in [4.78, 5) is 19.6. The van der Waals surface area contributed by atoms with Crippen LogP contribution in [0.3, 0.4) is 0 Å². The summed E-state index contributed by atoms with van der Waals surface area (Å²) in [7, 11) is 1.59. The van der Waals surface area contributed by atoms with Crippen LogP contribution in [-0.2, 0) is 6.54 Å². The highest BCUT2D eigenvalue weighted by Gasteiger charge is 2.36. The van der Waals surface area contributed by atoms with Crippen molar-refractivity contribution in [3.8, 4) is 17.1 Å². The van der Waals surface area contributed by atoms with E-state index in [0.717, 1.165) is 16.7 Å². The number of aromatic nitrogens is 2. The van der Waals surface area contributed by atoms with E-state index in [1.165, 1.54) is 12.1 Å². The molecule has 1 aromatic heterocycles. The van der Waals surface area contributed by atoms with Gasteiger partial charge in [0.2, 0.25) is 5.82 Å². The summed E-state index contributed by atoms with van der Waals surface area (Å²) in [5, 5.41) is 7.19. The highest BCUT2D eigenvalue weighted by molar-refractivity contribution is 5.87. The molecular formula is C28H25FN4O3. The second kappa shape index (κ2) is 9.65. The molecule has 2 amide bonds. The molecule has 0 bridgehead atoms. The predicted molar refractivity (Wildman–Crippen MR) is 133 cm³/mol. The zero-order chi connectivity index (χ0) is 25.2. The van der Waals surface area contributed by atoms with Gasteiger partial charge in [-0.05, 0) is 49.2 Å². The first-order valence-electron chi connectivity index (χ1n) is 11.5. The van der Waals surface area contributed by atoms with Gasteiger partial charge in [0, 0.05) is 11.3 Å². The van der Waals surface area contributed by atoms with Gasteiger partial charge in [-0.15, -0.1) is 0 Å². The number of carbonyl (C=O) groups is 1. The molecule has 1 aliphatic rings. The Hall–Kier alpha value is -4.46. The fourth-order valence-corrected chi connectivity index (χ4v) is 4.39. The largest absolute Gasteiger partial charge is 0.497 e. The summed E-state index contributed by atoms with van der Waals surface area (Å²) in [5.74, 6) is 0.773. The molecule has 0 saturated carbocycles. The number of hydrogen-bond acceptors (Lipinski definition) is 5. The van der Waals surface area contributed by atoms with Gasteiger partial charge in [-0.1, -0.05) is 59.3 Å². The third-order valence-electron chi connectivity index (χ3n) is 6.19. The number of urea groups is 1. The number of nitrogens with zero attached hydrogens (tertiary/aromatic N) is 3. The van der Waals surface area contributed by atoms with Crippen LogP contribution in [0.25, 0.3) is 17.0 Å². The molecule has 8 heteroatoms. The van der Waals surface area contributed by atoms with Gasteiger partial charge in [-0.2, -0.15) is 4.98 Å². The SMILES string of the molecule is COc1cccc(C2NC(=O)N(Cc3cccc(C)c3)C(C)=C2c2nc(-c3cccc(F)c3)no2)c1. The van der Waals surface area contributed by atoms with Crippen molar-refractivity contribution >= 4 is 11.6 Å². The molecular weight excluding hydrogens is 459 g/mol. The van der Waals surface area contributed by atoms with E-state index < -0.39 is 11.9 Å². The van der Waals surface area contributed by atoms with Crippen molar-refractivity contribution in [3.63, 3.8) is 0 Å². The Morgan fingerprint density at radius 3 is 2.64 bits per heavy atom. The fourth-order valence-electron chi connectivity index (χ4n) is 4.39. The zero-order valence-electron chi connectivity index (χ0n) is 20.2. The minimum absolute atomic E-state index is 0.240. The van der Waals surface area contributed by atoms with Crippen molar-refractivity contribution in [2.75, 3.05) is 7.11 Å². The van der Waals surface area contributed by atoms with Gasteiger partial charge in [-0.3, -0.25) is 4.90 Å². The van der Waals surface area contributed by atoms with Crippen LogP contribution >= 0.6 is 0 Å². The van der Waals surface area contributed by atoms with Crippen molar-refractivity contribution < 1.29 is 18.4 Å². The Morgan fingerprint density at radius 1 is 1.06 bits per heavy atom. The summed E-state index contributed by atoms with van der Waals surface area (Å²) in [6, 6.07) is 20.7. The normalized spacial score (nSPS) is 15.7. The van der Waals surface area contributed by atoms with Gasteiger partial charge in [0.05, 0.1) is 25.3 Å². The average molecular weight is 485 g/mol. The highest BCUT2D eigenvalue weighted by Crippen LogP contribution is 2.38. The van der Waals surface area contributed by atoms with E-state index in [-0.39, 0.29) is 17.7 Å². The van der Waals surface area contributed by atoms with Crippen LogP contribution in [0.2, 0.25) is 0 Å². The summed E-state index contributed by atoms with van der Waals surface area (Å²) in [5.41, 5.74) is 4.75. The number of amides is 2. The Morgan fingerprint density at radius 2 is 1.86 bits per heavy atom. The highest BCUT2D eigenvalue weighted by atomic mass is 19.1. The summed E-state index contributed by atoms with van der Waals surface area (Å²) in [6.07, 6.45) is 0. The van der Waals surface area contributed by atoms with Crippen molar-refractivity contribution in [2.45, 2.75) is 26.4 Å². The molecule has 2 heterocycles. The number of ether oxygens (including phenoxy) is 1. The summed E-state index contributed by atoms with van der Waals surface area (Å²) >= 11 is 0. The van der Waals surface area contributed by atoms with E-state index in [4.69, 9.17) is 9.26 Å². The van der Waals surface area contributed by atoms with Gasteiger partial charge in [-0.25, -0.2) is 9.18 Å². The van der Waals surface area contributed by atoms with Crippen molar-refractivity contribution in [1.82, 2.24) is 20.4 Å².